The van der Waals surface area contributed by atoms with Gasteiger partial charge in [-0.2, -0.15) is 0 Å². The van der Waals surface area contributed by atoms with Crippen LogP contribution in [0.1, 0.15) is 6.92 Å². The minimum Gasteiger partial charge on any atom is -0.483 e. The van der Waals surface area contributed by atoms with E-state index in [1.165, 1.54) is 6.92 Å². The van der Waals surface area contributed by atoms with Gasteiger partial charge in [-0.25, -0.2) is 0 Å². The van der Waals surface area contributed by atoms with E-state index in [0.717, 1.165) is 12.1 Å². The van der Waals surface area contributed by atoms with Crippen LogP contribution in [-0.4, -0.2) is 17.8 Å². The monoisotopic (exact) mass is 331 g/mol. The third-order valence-corrected chi connectivity index (χ3v) is 5.10. The fourth-order valence-electron chi connectivity index (χ4n) is 1.42. The number of nitro groups is 1. The highest BCUT2D eigenvalue weighted by molar-refractivity contribution is 8.55. The van der Waals surface area contributed by atoms with Crippen molar-refractivity contribution in [2.45, 2.75) is 11.8 Å². The maximum Gasteiger partial charge on any atom is 0.269 e. The van der Waals surface area contributed by atoms with Crippen molar-refractivity contribution >= 4 is 26.7 Å². The van der Waals surface area contributed by atoms with Crippen LogP contribution in [0, 0.1) is 10.1 Å². The Morgan fingerprint density at radius 3 is 2.30 bits per heavy atom. The number of rotatable bonds is 5. The molecule has 0 aromatic heterocycles. The van der Waals surface area contributed by atoms with Crippen LogP contribution in [0.25, 0.3) is 0 Å². The first-order valence-corrected chi connectivity index (χ1v) is 8.40. The second-order valence-corrected chi connectivity index (χ2v) is 8.77. The zero-order chi connectivity index (χ0) is 15.7. The van der Waals surface area contributed by atoms with Gasteiger partial charge in [-0.1, -0.05) is 0 Å². The number of nitro benzene ring substituents is 1. The summed E-state index contributed by atoms with van der Waals surface area (Å²) in [4.78, 5) is 8.72. The molecule has 1 aromatic rings. The molecule has 0 spiro atoms. The van der Waals surface area contributed by atoms with E-state index in [0.29, 0.717) is 12.1 Å². The van der Waals surface area contributed by atoms with Gasteiger partial charge >= 0.3 is 0 Å². The Hall–Kier alpha value is -1.41. The molecule has 0 amide bonds. The number of hydrogen-bond acceptors (Lipinski definition) is 3. The molecule has 1 rings (SSSR count). The summed E-state index contributed by atoms with van der Waals surface area (Å²) in [6.07, 6.45) is 0.128. The molecule has 0 aliphatic carbocycles. The summed E-state index contributed by atoms with van der Waals surface area (Å²) in [5, 5.41) is 9.65. The molecular weight excluding hydrogens is 319 g/mol. The lowest BCUT2D eigenvalue weighted by Gasteiger charge is -2.51. The molecule has 20 heavy (non-hydrogen) atoms. The predicted octanol–water partition coefficient (Wildman–Crippen LogP) is 5.19. The number of halogens is 4. The Morgan fingerprint density at radius 1 is 1.40 bits per heavy atom. The molecule has 4 nitrogen and oxygen atoms in total. The van der Waals surface area contributed by atoms with E-state index in [4.69, 9.17) is 11.6 Å². The van der Waals surface area contributed by atoms with Crippen molar-refractivity contribution in [3.63, 3.8) is 0 Å². The summed E-state index contributed by atoms with van der Waals surface area (Å²) in [7, 11) is -7.30. The third kappa shape index (κ3) is 3.80. The molecule has 0 aliphatic rings. The first kappa shape index (κ1) is 16.6. The summed E-state index contributed by atoms with van der Waals surface area (Å²) in [5.41, 5.74) is -0.415. The number of non-ortho nitro benzene ring substituents is 1. The number of ether oxygens (including phenoxy) is 1. The van der Waals surface area contributed by atoms with Crippen molar-refractivity contribution in [1.29, 1.82) is 0 Å². The van der Waals surface area contributed by atoms with E-state index in [1.807, 2.05) is 0 Å². The van der Waals surface area contributed by atoms with Gasteiger partial charge < -0.3 is 4.74 Å². The molecule has 9 heteroatoms. The van der Waals surface area contributed by atoms with Crippen LogP contribution in [0.4, 0.5) is 17.3 Å². The minimum absolute atomic E-state index is 0.00341. The average Bonchev–Trinajstić information content (AvgIpc) is 2.27. The van der Waals surface area contributed by atoms with E-state index < -0.39 is 30.2 Å². The fourth-order valence-corrected chi connectivity index (χ4v) is 3.80. The van der Waals surface area contributed by atoms with Gasteiger partial charge in [-0.15, -0.1) is 11.7 Å². The van der Waals surface area contributed by atoms with Crippen LogP contribution in [0.2, 0.25) is 0 Å². The summed E-state index contributed by atoms with van der Waals surface area (Å²) < 4.78 is 48.1. The van der Waals surface area contributed by atoms with Crippen LogP contribution >= 0.6 is 21.1 Å². The summed E-state index contributed by atoms with van der Waals surface area (Å²) >= 11 is 5.42. The smallest absolute Gasteiger partial charge is 0.269 e. The van der Waals surface area contributed by atoms with E-state index in [9.17, 15) is 21.8 Å². The summed E-state index contributed by atoms with van der Waals surface area (Å²) in [6.45, 7) is 1.51. The zero-order valence-corrected chi connectivity index (χ0v) is 12.3. The van der Waals surface area contributed by atoms with E-state index >= 15 is 0 Å². The topological polar surface area (TPSA) is 52.4 Å². The zero-order valence-electron chi connectivity index (χ0n) is 10.7. The molecule has 0 saturated heterocycles. The lowest BCUT2D eigenvalue weighted by Crippen LogP contribution is -2.16. The van der Waals surface area contributed by atoms with Crippen molar-refractivity contribution in [2.24, 2.45) is 0 Å². The SMILES string of the molecule is CCO/C(Cl)=C\S(C)(F)(F)(F)c1ccc([N+](=O)[O-])cc1. The van der Waals surface area contributed by atoms with Crippen LogP contribution in [0.5, 0.6) is 0 Å². The number of hydrogen-bond donors (Lipinski definition) is 0. The van der Waals surface area contributed by atoms with E-state index in [-0.39, 0.29) is 18.3 Å². The first-order valence-electron chi connectivity index (χ1n) is 5.40. The highest BCUT2D eigenvalue weighted by atomic mass is 35.5. The second-order valence-electron chi connectivity index (χ2n) is 4.30. The molecule has 0 aliphatic heterocycles. The van der Waals surface area contributed by atoms with E-state index in [1.54, 1.807) is 0 Å². The molecule has 1 aromatic carbocycles. The van der Waals surface area contributed by atoms with Crippen molar-refractivity contribution in [1.82, 2.24) is 0 Å². The van der Waals surface area contributed by atoms with Crippen LogP contribution in [0.15, 0.2) is 39.8 Å². The fraction of sp³-hybridized carbons (Fsp3) is 0.273. The van der Waals surface area contributed by atoms with Gasteiger partial charge in [0.1, 0.15) is 0 Å². The molecule has 0 saturated carbocycles. The predicted molar refractivity (Wildman–Crippen MR) is 73.8 cm³/mol. The highest BCUT2D eigenvalue weighted by Crippen LogP contribution is 2.98. The largest absolute Gasteiger partial charge is 0.483 e. The summed E-state index contributed by atoms with van der Waals surface area (Å²) in [5.74, 6) is 0. The molecule has 0 radical (unpaired) electrons. The van der Waals surface area contributed by atoms with Crippen molar-refractivity contribution in [2.75, 3.05) is 12.9 Å². The van der Waals surface area contributed by atoms with Gasteiger partial charge in [-0.3, -0.25) is 10.1 Å². The van der Waals surface area contributed by atoms with Crippen LogP contribution < -0.4 is 0 Å². The molecular formula is C11H13ClF3NO3S. The highest BCUT2D eigenvalue weighted by Gasteiger charge is 2.58. The Morgan fingerprint density at radius 2 is 1.90 bits per heavy atom. The lowest BCUT2D eigenvalue weighted by molar-refractivity contribution is -0.384. The Balaban J connectivity index is 3.37. The average molecular weight is 332 g/mol. The van der Waals surface area contributed by atoms with Crippen molar-refractivity contribution in [3.8, 4) is 0 Å². The first-order chi connectivity index (χ1) is 8.88. The van der Waals surface area contributed by atoms with Crippen molar-refractivity contribution in [3.05, 3.63) is 45.0 Å². The normalized spacial score (nSPS) is 16.2. The van der Waals surface area contributed by atoms with E-state index in [2.05, 4.69) is 4.74 Å². The third-order valence-electron chi connectivity index (χ3n) is 2.37. The molecule has 0 fully saturated rings. The number of benzene rings is 1. The Kier molecular flexibility index (Phi) is 3.79. The van der Waals surface area contributed by atoms with Crippen molar-refractivity contribution < 1.29 is 21.3 Å². The van der Waals surface area contributed by atoms with Gasteiger partial charge in [0, 0.05) is 18.4 Å². The lowest BCUT2D eigenvalue weighted by atomic mass is 10.3. The molecule has 0 atom stereocenters. The molecule has 0 unspecified atom stereocenters. The summed E-state index contributed by atoms with van der Waals surface area (Å²) in [6, 6.07) is 2.96. The van der Waals surface area contributed by atoms with Crippen LogP contribution in [0.3, 0.4) is 0 Å². The molecule has 0 heterocycles. The van der Waals surface area contributed by atoms with Gasteiger partial charge in [0.15, 0.2) is 5.22 Å². The Bertz CT molecular complexity index is 568. The standard InChI is InChI=1S/C11H13ClF3NO3S/c1-3-19-11(12)8-20(2,13,14,15)10-6-4-9(5-7-10)16(17)18/h4-8H,3H2,1-2H3/b11-8-. The van der Waals surface area contributed by atoms with Gasteiger partial charge in [0.25, 0.3) is 5.69 Å². The van der Waals surface area contributed by atoms with Gasteiger partial charge in [-0.05, 0) is 30.7 Å². The molecule has 0 bridgehead atoms. The van der Waals surface area contributed by atoms with Gasteiger partial charge in [0.05, 0.1) is 31.3 Å². The molecule has 114 valence electrons. The number of nitrogens with zero attached hydrogens (tertiary/aromatic N) is 1. The molecule has 0 N–H and O–H groups in total. The quantitative estimate of drug-likeness (QED) is 0.424. The maximum absolute atomic E-state index is 14.5. The Labute approximate surface area is 118 Å². The van der Waals surface area contributed by atoms with Gasteiger partial charge in [0.2, 0.25) is 0 Å². The minimum atomic E-state index is -7.30. The van der Waals surface area contributed by atoms with Crippen LogP contribution in [-0.2, 0) is 4.74 Å². The maximum atomic E-state index is 14.5. The second kappa shape index (κ2) is 4.56.